The number of H-pyrrole nitrogens is 1. The molecule has 3 heterocycles. The van der Waals surface area contributed by atoms with Crippen LogP contribution in [0, 0.1) is 0 Å². The number of methoxy groups -OCH3 is 1. The maximum absolute atomic E-state index is 11.4. The summed E-state index contributed by atoms with van der Waals surface area (Å²) in [6.07, 6.45) is 1.24. The summed E-state index contributed by atoms with van der Waals surface area (Å²) in [6, 6.07) is 0. The first-order valence-corrected chi connectivity index (χ1v) is 9.02. The molecule has 0 bridgehead atoms. The van der Waals surface area contributed by atoms with Crippen LogP contribution in [0.15, 0.2) is 11.4 Å². The second-order valence-corrected chi connectivity index (χ2v) is 6.33. The highest BCUT2D eigenvalue weighted by Gasteiger charge is 2.41. The van der Waals surface area contributed by atoms with Gasteiger partial charge in [0.1, 0.15) is 35.4 Å². The number of nitrogens with one attached hydrogen (secondary N) is 1. The second kappa shape index (κ2) is 7.87. The van der Waals surface area contributed by atoms with Crippen LogP contribution in [-0.4, -0.2) is 64.2 Å². The molecule has 0 saturated carbocycles. The normalized spacial score (nSPS) is 22.3. The third-order valence-electron chi connectivity index (χ3n) is 3.78. The Morgan fingerprint density at radius 2 is 2.23 bits per heavy atom. The molecule has 11 heteroatoms. The number of aromatic nitrogens is 4. The van der Waals surface area contributed by atoms with Crippen LogP contribution in [0.1, 0.15) is 25.3 Å². The number of ether oxygens (including phenoxy) is 4. The minimum Gasteiger partial charge on any atom is -0.459 e. The van der Waals surface area contributed by atoms with Gasteiger partial charge in [0, 0.05) is 13.3 Å². The number of carbonyl (C=O) groups excluding carboxylic acids is 2. The molecule has 0 radical (unpaired) electrons. The van der Waals surface area contributed by atoms with Crippen molar-refractivity contribution in [1.82, 2.24) is 19.9 Å². The zero-order chi connectivity index (χ0) is 18.7. The van der Waals surface area contributed by atoms with Crippen LogP contribution in [0.4, 0.5) is 4.79 Å². The predicted molar refractivity (Wildman–Crippen MR) is 89.6 cm³/mol. The van der Waals surface area contributed by atoms with Gasteiger partial charge in [-0.15, -0.1) is 11.8 Å². The standard InChI is InChI=1S/C15H18N4O6S/c1-7(20)24-9-4-8(5-23-15(21)22-2)25-11(9)13-18-10-12(19-13)16-6-17-14(10)26-3/h6,8-9,11H,4-5H2,1-3H3,(H,16,17,18,19)/t8-,9+,11+/m0/s1. The van der Waals surface area contributed by atoms with E-state index in [0.29, 0.717) is 23.4 Å². The molecule has 0 amide bonds. The summed E-state index contributed by atoms with van der Waals surface area (Å²) in [4.78, 5) is 38.5. The molecule has 2 aromatic heterocycles. The van der Waals surface area contributed by atoms with Crippen LogP contribution in [-0.2, 0) is 23.7 Å². The summed E-state index contributed by atoms with van der Waals surface area (Å²) in [6.45, 7) is 1.31. The van der Waals surface area contributed by atoms with Crippen molar-refractivity contribution in [2.45, 2.75) is 36.7 Å². The van der Waals surface area contributed by atoms with Crippen molar-refractivity contribution in [2.24, 2.45) is 0 Å². The Morgan fingerprint density at radius 1 is 1.42 bits per heavy atom. The van der Waals surface area contributed by atoms with E-state index in [4.69, 9.17) is 14.2 Å². The van der Waals surface area contributed by atoms with E-state index in [2.05, 4.69) is 24.7 Å². The molecule has 1 aliphatic heterocycles. The highest BCUT2D eigenvalue weighted by molar-refractivity contribution is 7.98. The van der Waals surface area contributed by atoms with Gasteiger partial charge in [0.05, 0.1) is 13.2 Å². The summed E-state index contributed by atoms with van der Waals surface area (Å²) in [5.74, 6) is 0.0430. The molecule has 1 fully saturated rings. The lowest BCUT2D eigenvalue weighted by atomic mass is 10.1. The number of thioether (sulfide) groups is 1. The average molecular weight is 382 g/mol. The number of hydrogen-bond acceptors (Lipinski definition) is 10. The molecule has 3 rings (SSSR count). The third kappa shape index (κ3) is 3.88. The Balaban J connectivity index is 1.83. The monoisotopic (exact) mass is 382 g/mol. The largest absolute Gasteiger partial charge is 0.508 e. The quantitative estimate of drug-likeness (QED) is 0.463. The van der Waals surface area contributed by atoms with Crippen molar-refractivity contribution in [2.75, 3.05) is 20.0 Å². The zero-order valence-electron chi connectivity index (χ0n) is 14.4. The number of fused-ring (bicyclic) bond motifs is 1. The first-order valence-electron chi connectivity index (χ1n) is 7.79. The van der Waals surface area contributed by atoms with Crippen LogP contribution in [0.2, 0.25) is 0 Å². The topological polar surface area (TPSA) is 126 Å². The Kier molecular flexibility index (Phi) is 5.57. The Bertz CT molecular complexity index is 813. The second-order valence-electron chi connectivity index (χ2n) is 5.53. The molecule has 1 N–H and O–H groups in total. The molecule has 2 aromatic rings. The van der Waals surface area contributed by atoms with E-state index in [-0.39, 0.29) is 6.61 Å². The molecule has 10 nitrogen and oxygen atoms in total. The maximum atomic E-state index is 11.4. The van der Waals surface area contributed by atoms with Crippen LogP contribution >= 0.6 is 11.8 Å². The molecule has 26 heavy (non-hydrogen) atoms. The minimum absolute atomic E-state index is 0.0168. The van der Waals surface area contributed by atoms with Gasteiger partial charge in [-0.3, -0.25) is 4.79 Å². The van der Waals surface area contributed by atoms with Gasteiger partial charge in [-0.2, -0.15) is 0 Å². The van der Waals surface area contributed by atoms with Gasteiger partial charge < -0.3 is 23.9 Å². The third-order valence-corrected chi connectivity index (χ3v) is 4.47. The summed E-state index contributed by atoms with van der Waals surface area (Å²) in [5, 5.41) is 0.751. The summed E-state index contributed by atoms with van der Waals surface area (Å²) < 4.78 is 20.6. The number of rotatable bonds is 5. The Hall–Kier alpha value is -2.40. The van der Waals surface area contributed by atoms with E-state index in [1.165, 1.54) is 32.1 Å². The first-order chi connectivity index (χ1) is 12.5. The van der Waals surface area contributed by atoms with Gasteiger partial charge in [-0.1, -0.05) is 0 Å². The molecular formula is C15H18N4O6S. The number of hydrogen-bond donors (Lipinski definition) is 1. The van der Waals surface area contributed by atoms with Crippen molar-refractivity contribution in [3.05, 3.63) is 12.2 Å². The van der Waals surface area contributed by atoms with Crippen LogP contribution in [0.25, 0.3) is 11.2 Å². The molecule has 0 unspecified atom stereocenters. The lowest BCUT2D eigenvalue weighted by Crippen LogP contribution is -2.21. The van der Waals surface area contributed by atoms with Crippen molar-refractivity contribution in [1.29, 1.82) is 0 Å². The number of aromatic amines is 1. The van der Waals surface area contributed by atoms with Gasteiger partial charge in [0.2, 0.25) is 0 Å². The summed E-state index contributed by atoms with van der Waals surface area (Å²) >= 11 is 1.46. The molecule has 0 spiro atoms. The van der Waals surface area contributed by atoms with E-state index < -0.39 is 30.4 Å². The van der Waals surface area contributed by atoms with Gasteiger partial charge in [0.15, 0.2) is 11.8 Å². The lowest BCUT2D eigenvalue weighted by Gasteiger charge is -2.16. The van der Waals surface area contributed by atoms with E-state index in [1.54, 1.807) is 0 Å². The van der Waals surface area contributed by atoms with Gasteiger partial charge in [-0.05, 0) is 6.26 Å². The molecule has 0 aromatic carbocycles. The fraction of sp³-hybridized carbons (Fsp3) is 0.533. The maximum Gasteiger partial charge on any atom is 0.508 e. The molecular weight excluding hydrogens is 364 g/mol. The van der Waals surface area contributed by atoms with Crippen LogP contribution in [0.5, 0.6) is 0 Å². The predicted octanol–water partition coefficient (Wildman–Crippen LogP) is 1.62. The van der Waals surface area contributed by atoms with Crippen molar-refractivity contribution in [3.8, 4) is 0 Å². The van der Waals surface area contributed by atoms with Gasteiger partial charge in [-0.25, -0.2) is 19.7 Å². The highest BCUT2D eigenvalue weighted by atomic mass is 32.2. The van der Waals surface area contributed by atoms with E-state index in [0.717, 1.165) is 5.03 Å². The molecule has 3 atom stereocenters. The smallest absolute Gasteiger partial charge is 0.459 e. The van der Waals surface area contributed by atoms with Gasteiger partial charge in [0.25, 0.3) is 0 Å². The lowest BCUT2D eigenvalue weighted by molar-refractivity contribution is -0.149. The fourth-order valence-corrected chi connectivity index (χ4v) is 3.24. The van der Waals surface area contributed by atoms with E-state index in [9.17, 15) is 9.59 Å². The Morgan fingerprint density at radius 3 is 2.92 bits per heavy atom. The number of nitrogens with zero attached hydrogens (tertiary/aromatic N) is 3. The average Bonchev–Trinajstić information content (AvgIpc) is 3.22. The number of esters is 1. The van der Waals surface area contributed by atoms with Crippen molar-refractivity contribution < 1.29 is 28.5 Å². The van der Waals surface area contributed by atoms with E-state index >= 15 is 0 Å². The molecule has 1 saturated heterocycles. The summed E-state index contributed by atoms with van der Waals surface area (Å²) in [7, 11) is 1.22. The fourth-order valence-electron chi connectivity index (χ4n) is 2.74. The van der Waals surface area contributed by atoms with Crippen LogP contribution in [0.3, 0.4) is 0 Å². The van der Waals surface area contributed by atoms with Crippen molar-refractivity contribution >= 4 is 35.1 Å². The highest BCUT2D eigenvalue weighted by Crippen LogP contribution is 2.35. The molecule has 140 valence electrons. The molecule has 0 aliphatic carbocycles. The summed E-state index contributed by atoms with van der Waals surface area (Å²) in [5.41, 5.74) is 1.19. The van der Waals surface area contributed by atoms with Gasteiger partial charge >= 0.3 is 12.1 Å². The first kappa shape index (κ1) is 18.4. The zero-order valence-corrected chi connectivity index (χ0v) is 15.2. The minimum atomic E-state index is -0.801. The number of imidazole rings is 1. The van der Waals surface area contributed by atoms with Crippen molar-refractivity contribution in [3.63, 3.8) is 0 Å². The SMILES string of the molecule is COC(=O)OC[C@@H]1C[C@@H](OC(C)=O)[C@H](c2nc3ncnc(SC)c3[nH]2)O1. The number of carbonyl (C=O) groups is 2. The Labute approximate surface area is 153 Å². The van der Waals surface area contributed by atoms with Crippen LogP contribution < -0.4 is 0 Å². The van der Waals surface area contributed by atoms with E-state index in [1.807, 2.05) is 6.26 Å². The molecule has 1 aliphatic rings.